The smallest absolute Gasteiger partial charge is 0.433 e. The number of aromatic nitrogens is 1. The molecule has 1 atom stereocenters. The Balaban J connectivity index is 1.98. The summed E-state index contributed by atoms with van der Waals surface area (Å²) in [5.41, 5.74) is -0.0431. The van der Waals surface area contributed by atoms with E-state index in [2.05, 4.69) is 15.6 Å². The van der Waals surface area contributed by atoms with Crippen LogP contribution in [0.15, 0.2) is 48.7 Å². The molecule has 3 N–H and O–H groups in total. The van der Waals surface area contributed by atoms with Gasteiger partial charge in [-0.2, -0.15) is 13.2 Å². The van der Waals surface area contributed by atoms with Crippen molar-refractivity contribution >= 4 is 17.7 Å². The number of carbonyl (C=O) groups is 2. The van der Waals surface area contributed by atoms with Gasteiger partial charge >= 0.3 is 18.2 Å². The number of amides is 2. The predicted octanol–water partition coefficient (Wildman–Crippen LogP) is 3.70. The summed E-state index contributed by atoms with van der Waals surface area (Å²) in [5, 5.41) is 13.9. The number of hydrogen-bond acceptors (Lipinski definition) is 3. The number of aliphatic carboxylic acids is 1. The first-order valence-corrected chi connectivity index (χ1v) is 8.10. The summed E-state index contributed by atoms with van der Waals surface area (Å²) < 4.78 is 37.5. The third-order valence-corrected chi connectivity index (χ3v) is 3.68. The number of alkyl halides is 3. The molecule has 0 saturated carbocycles. The highest BCUT2D eigenvalue weighted by atomic mass is 19.4. The number of halogens is 3. The van der Waals surface area contributed by atoms with Crippen molar-refractivity contribution in [1.82, 2.24) is 10.3 Å². The molecule has 9 heteroatoms. The number of nitrogens with one attached hydrogen (secondary N) is 2. The molecule has 1 aromatic carbocycles. The number of anilines is 1. The second-order valence-electron chi connectivity index (χ2n) is 5.85. The minimum atomic E-state index is -4.56. The maximum absolute atomic E-state index is 12.5. The average Bonchev–Trinajstić information content (AvgIpc) is 2.60. The molecule has 0 fully saturated rings. The summed E-state index contributed by atoms with van der Waals surface area (Å²) >= 11 is 0. The Morgan fingerprint density at radius 1 is 1.11 bits per heavy atom. The van der Waals surface area contributed by atoms with Crippen molar-refractivity contribution in [2.45, 2.75) is 31.5 Å². The van der Waals surface area contributed by atoms with Gasteiger partial charge < -0.3 is 15.7 Å². The number of rotatable bonds is 7. The van der Waals surface area contributed by atoms with Crippen LogP contribution in [-0.2, 0) is 17.4 Å². The van der Waals surface area contributed by atoms with Crippen LogP contribution < -0.4 is 10.6 Å². The highest BCUT2D eigenvalue weighted by molar-refractivity contribution is 5.89. The van der Waals surface area contributed by atoms with Gasteiger partial charge in [0.15, 0.2) is 0 Å². The molecule has 6 nitrogen and oxygen atoms in total. The van der Waals surface area contributed by atoms with Gasteiger partial charge in [0.25, 0.3) is 0 Å². The van der Waals surface area contributed by atoms with E-state index in [-0.39, 0.29) is 18.5 Å². The lowest BCUT2D eigenvalue weighted by molar-refractivity contribution is -0.141. The Morgan fingerprint density at radius 3 is 2.37 bits per heavy atom. The van der Waals surface area contributed by atoms with E-state index in [1.807, 2.05) is 30.3 Å². The minimum absolute atomic E-state index is 0.0946. The normalized spacial score (nSPS) is 12.3. The molecular formula is C18H18F3N3O3. The molecule has 0 aliphatic heterocycles. The number of nitrogens with zero attached hydrogens (tertiary/aromatic N) is 1. The molecule has 0 aliphatic carbocycles. The van der Waals surface area contributed by atoms with Crippen molar-refractivity contribution in [1.29, 1.82) is 0 Å². The van der Waals surface area contributed by atoms with Gasteiger partial charge in [0.2, 0.25) is 0 Å². The van der Waals surface area contributed by atoms with Gasteiger partial charge in [-0.3, -0.25) is 4.79 Å². The maximum Gasteiger partial charge on any atom is 0.433 e. The molecule has 0 bridgehead atoms. The van der Waals surface area contributed by atoms with Gasteiger partial charge in [-0.15, -0.1) is 0 Å². The minimum Gasteiger partial charge on any atom is -0.481 e. The van der Waals surface area contributed by atoms with E-state index in [1.165, 1.54) is 0 Å². The molecule has 0 saturated heterocycles. The van der Waals surface area contributed by atoms with Gasteiger partial charge in [0, 0.05) is 12.5 Å². The van der Waals surface area contributed by atoms with Crippen molar-refractivity contribution in [3.63, 3.8) is 0 Å². The summed E-state index contributed by atoms with van der Waals surface area (Å²) in [6.07, 6.45) is -3.14. The van der Waals surface area contributed by atoms with Crippen LogP contribution in [0.4, 0.5) is 23.7 Å². The monoisotopic (exact) mass is 381 g/mol. The Kier molecular flexibility index (Phi) is 6.75. The molecule has 0 aliphatic rings. The third-order valence-electron chi connectivity index (χ3n) is 3.68. The zero-order valence-electron chi connectivity index (χ0n) is 14.2. The molecule has 27 heavy (non-hydrogen) atoms. The first kappa shape index (κ1) is 20.2. The van der Waals surface area contributed by atoms with Gasteiger partial charge in [0.1, 0.15) is 5.69 Å². The fourth-order valence-electron chi connectivity index (χ4n) is 2.41. The lowest BCUT2D eigenvalue weighted by Gasteiger charge is -2.19. The molecule has 2 aromatic rings. The summed E-state index contributed by atoms with van der Waals surface area (Å²) in [6.45, 7) is 0. The van der Waals surface area contributed by atoms with Crippen LogP contribution in [0.3, 0.4) is 0 Å². The van der Waals surface area contributed by atoms with Crippen LogP contribution in [-0.4, -0.2) is 28.1 Å². The number of benzene rings is 1. The van der Waals surface area contributed by atoms with Crippen LogP contribution in [0, 0.1) is 0 Å². The number of pyridine rings is 1. The highest BCUT2D eigenvalue weighted by Crippen LogP contribution is 2.27. The first-order valence-electron chi connectivity index (χ1n) is 8.10. The van der Waals surface area contributed by atoms with Crippen molar-refractivity contribution in [3.8, 4) is 0 Å². The second kappa shape index (κ2) is 9.02. The molecule has 2 amide bonds. The van der Waals surface area contributed by atoms with E-state index in [4.69, 9.17) is 5.11 Å². The fraction of sp³-hybridized carbons (Fsp3) is 0.278. The van der Waals surface area contributed by atoms with E-state index >= 15 is 0 Å². The number of urea groups is 1. The standard InChI is InChI=1S/C18H18F3N3O3/c19-18(20,21)15-8-6-14(11-22-15)24-17(27)23-13(7-9-16(25)26)10-12-4-2-1-3-5-12/h1-6,8,11,13H,7,9-10H2,(H,25,26)(H2,23,24,27). The van der Waals surface area contributed by atoms with Crippen LogP contribution in [0.25, 0.3) is 0 Å². The summed E-state index contributed by atoms with van der Waals surface area (Å²) in [7, 11) is 0. The molecule has 144 valence electrons. The molecule has 1 aromatic heterocycles. The first-order chi connectivity index (χ1) is 12.7. The largest absolute Gasteiger partial charge is 0.481 e. The van der Waals surface area contributed by atoms with E-state index in [0.717, 1.165) is 23.9 Å². The zero-order chi connectivity index (χ0) is 19.9. The van der Waals surface area contributed by atoms with E-state index in [0.29, 0.717) is 6.42 Å². The SMILES string of the molecule is O=C(O)CCC(Cc1ccccc1)NC(=O)Nc1ccc(C(F)(F)F)nc1. The van der Waals surface area contributed by atoms with E-state index in [1.54, 1.807) is 0 Å². The van der Waals surface area contributed by atoms with Gasteiger partial charge in [-0.1, -0.05) is 30.3 Å². The van der Waals surface area contributed by atoms with Crippen molar-refractivity contribution in [3.05, 3.63) is 59.9 Å². The third kappa shape index (κ3) is 6.96. The van der Waals surface area contributed by atoms with Crippen LogP contribution in [0.1, 0.15) is 24.1 Å². The van der Waals surface area contributed by atoms with Crippen LogP contribution in [0.2, 0.25) is 0 Å². The van der Waals surface area contributed by atoms with Gasteiger partial charge in [-0.05, 0) is 30.5 Å². The van der Waals surface area contributed by atoms with Crippen molar-refractivity contribution in [2.24, 2.45) is 0 Å². The fourth-order valence-corrected chi connectivity index (χ4v) is 2.41. The van der Waals surface area contributed by atoms with Gasteiger partial charge in [-0.25, -0.2) is 9.78 Å². The summed E-state index contributed by atoms with van der Waals surface area (Å²) in [6, 6.07) is 9.97. The number of carboxylic acid groups (broad SMARTS) is 1. The Hall–Kier alpha value is -3.10. The summed E-state index contributed by atoms with van der Waals surface area (Å²) in [5.74, 6) is -0.984. The predicted molar refractivity (Wildman–Crippen MR) is 92.2 cm³/mol. The zero-order valence-corrected chi connectivity index (χ0v) is 14.2. The molecule has 0 radical (unpaired) electrons. The number of hydrogen-bond donors (Lipinski definition) is 3. The van der Waals surface area contributed by atoms with Crippen LogP contribution in [0.5, 0.6) is 0 Å². The lowest BCUT2D eigenvalue weighted by Crippen LogP contribution is -2.39. The maximum atomic E-state index is 12.5. The van der Waals surface area contributed by atoms with E-state index < -0.39 is 29.9 Å². The summed E-state index contributed by atoms with van der Waals surface area (Å²) in [4.78, 5) is 26.2. The molecule has 1 heterocycles. The quantitative estimate of drug-likeness (QED) is 0.682. The Morgan fingerprint density at radius 2 is 1.81 bits per heavy atom. The van der Waals surface area contributed by atoms with Crippen LogP contribution >= 0.6 is 0 Å². The topological polar surface area (TPSA) is 91.3 Å². The molecule has 0 spiro atoms. The second-order valence-corrected chi connectivity index (χ2v) is 5.85. The van der Waals surface area contributed by atoms with Gasteiger partial charge in [0.05, 0.1) is 11.9 Å². The molecule has 1 unspecified atom stereocenters. The Labute approximate surface area is 153 Å². The highest BCUT2D eigenvalue weighted by Gasteiger charge is 2.32. The van der Waals surface area contributed by atoms with Crippen molar-refractivity contribution < 1.29 is 27.9 Å². The van der Waals surface area contributed by atoms with Crippen molar-refractivity contribution in [2.75, 3.05) is 5.32 Å². The van der Waals surface area contributed by atoms with E-state index in [9.17, 15) is 22.8 Å². The lowest BCUT2D eigenvalue weighted by atomic mass is 10.0. The number of carbonyl (C=O) groups excluding carboxylic acids is 1. The molecular weight excluding hydrogens is 363 g/mol. The Bertz CT molecular complexity index is 765. The average molecular weight is 381 g/mol. The molecule has 2 rings (SSSR count). The number of carboxylic acids is 1.